The van der Waals surface area contributed by atoms with Crippen LogP contribution in [0.3, 0.4) is 0 Å². The van der Waals surface area contributed by atoms with Crippen molar-refractivity contribution in [2.45, 2.75) is 59.5 Å². The molecule has 1 saturated heterocycles. The monoisotopic (exact) mass is 388 g/mol. The maximum atomic E-state index is 12.7. The Morgan fingerprint density at radius 3 is 2.36 bits per heavy atom. The maximum Gasteiger partial charge on any atom is 0.315 e. The lowest BCUT2D eigenvalue weighted by Crippen LogP contribution is -2.52. The van der Waals surface area contributed by atoms with Gasteiger partial charge in [-0.3, -0.25) is 4.79 Å². The van der Waals surface area contributed by atoms with E-state index in [0.29, 0.717) is 25.4 Å². The zero-order valence-corrected chi connectivity index (χ0v) is 17.7. The molecule has 6 nitrogen and oxygen atoms in total. The summed E-state index contributed by atoms with van der Waals surface area (Å²) in [5, 5.41) is 12.1. The molecule has 0 aromatic heterocycles. The lowest BCUT2D eigenvalue weighted by Gasteiger charge is -2.34. The number of piperidine rings is 1. The van der Waals surface area contributed by atoms with E-state index < -0.39 is 6.04 Å². The van der Waals surface area contributed by atoms with Gasteiger partial charge in [0.05, 0.1) is 0 Å². The Bertz CT molecular complexity index is 636. The number of benzene rings is 1. The van der Waals surface area contributed by atoms with Gasteiger partial charge in [-0.2, -0.15) is 0 Å². The summed E-state index contributed by atoms with van der Waals surface area (Å²) < 4.78 is 0. The van der Waals surface area contributed by atoms with Crippen molar-refractivity contribution in [2.24, 2.45) is 11.3 Å². The van der Waals surface area contributed by atoms with Crippen molar-refractivity contribution in [1.29, 1.82) is 0 Å². The first-order valence-corrected chi connectivity index (χ1v) is 10.4. The molecule has 1 aromatic rings. The fourth-order valence-corrected chi connectivity index (χ4v) is 3.43. The van der Waals surface area contributed by atoms with Gasteiger partial charge in [0.1, 0.15) is 6.04 Å². The Labute approximate surface area is 169 Å². The van der Waals surface area contributed by atoms with E-state index >= 15 is 0 Å². The summed E-state index contributed by atoms with van der Waals surface area (Å²) in [5.41, 5.74) is 2.34. The minimum absolute atomic E-state index is 0.0982. The highest BCUT2D eigenvalue weighted by molar-refractivity contribution is 5.87. The van der Waals surface area contributed by atoms with Crippen molar-refractivity contribution in [3.63, 3.8) is 0 Å². The summed E-state index contributed by atoms with van der Waals surface area (Å²) in [7, 11) is 0. The molecule has 0 saturated carbocycles. The van der Waals surface area contributed by atoms with Crippen molar-refractivity contribution >= 4 is 11.9 Å². The molecule has 1 aliphatic heterocycles. The Hall–Kier alpha value is -2.08. The number of hydrogen-bond donors (Lipinski definition) is 4. The molecule has 28 heavy (non-hydrogen) atoms. The highest BCUT2D eigenvalue weighted by Crippen LogP contribution is 2.26. The topological polar surface area (TPSA) is 82.3 Å². The molecule has 3 amide bonds. The van der Waals surface area contributed by atoms with Crippen molar-refractivity contribution < 1.29 is 9.59 Å². The van der Waals surface area contributed by atoms with Gasteiger partial charge in [-0.1, -0.05) is 50.6 Å². The van der Waals surface area contributed by atoms with Crippen LogP contribution in [0, 0.1) is 18.3 Å². The van der Waals surface area contributed by atoms with Crippen LogP contribution in [0.15, 0.2) is 24.3 Å². The van der Waals surface area contributed by atoms with E-state index in [-0.39, 0.29) is 17.4 Å². The second-order valence-electron chi connectivity index (χ2n) is 8.77. The molecule has 156 valence electrons. The molecule has 0 bridgehead atoms. The molecule has 1 aliphatic rings. The number of amides is 3. The van der Waals surface area contributed by atoms with Crippen LogP contribution in [0.2, 0.25) is 0 Å². The highest BCUT2D eigenvalue weighted by Gasteiger charge is 2.29. The highest BCUT2D eigenvalue weighted by atomic mass is 16.2. The summed E-state index contributed by atoms with van der Waals surface area (Å²) in [4.78, 5) is 25.1. The van der Waals surface area contributed by atoms with E-state index in [2.05, 4.69) is 42.0 Å². The van der Waals surface area contributed by atoms with E-state index in [1.807, 2.05) is 31.2 Å². The van der Waals surface area contributed by atoms with E-state index in [1.54, 1.807) is 0 Å². The summed E-state index contributed by atoms with van der Waals surface area (Å²) in [5.74, 6) is 0.210. The third kappa shape index (κ3) is 7.50. The maximum absolute atomic E-state index is 12.7. The number of carbonyl (C=O) groups is 2. The van der Waals surface area contributed by atoms with Crippen molar-refractivity contribution in [2.75, 3.05) is 19.6 Å². The van der Waals surface area contributed by atoms with E-state index in [1.165, 1.54) is 5.56 Å². The van der Waals surface area contributed by atoms with Crippen LogP contribution < -0.4 is 21.3 Å². The Balaban J connectivity index is 1.85. The second kappa shape index (κ2) is 10.5. The first-order chi connectivity index (χ1) is 13.3. The number of aryl methyl sites for hydroxylation is 1. The van der Waals surface area contributed by atoms with Gasteiger partial charge in [-0.05, 0) is 56.2 Å². The molecule has 1 fully saturated rings. The Kier molecular flexibility index (Phi) is 8.30. The molecule has 0 spiro atoms. The molecule has 1 unspecified atom stereocenters. The van der Waals surface area contributed by atoms with E-state index in [9.17, 15) is 9.59 Å². The molecular formula is C22H36N4O2. The number of carbonyl (C=O) groups excluding carboxylic acids is 2. The van der Waals surface area contributed by atoms with Gasteiger partial charge in [0.25, 0.3) is 0 Å². The Morgan fingerprint density at radius 2 is 1.75 bits per heavy atom. The lowest BCUT2D eigenvalue weighted by molar-refractivity contribution is -0.123. The van der Waals surface area contributed by atoms with Crippen LogP contribution in [-0.2, 0) is 11.3 Å². The number of hydrogen-bond acceptors (Lipinski definition) is 3. The first kappa shape index (κ1) is 22.2. The first-order valence-electron chi connectivity index (χ1n) is 10.4. The quantitative estimate of drug-likeness (QED) is 0.553. The van der Waals surface area contributed by atoms with Gasteiger partial charge in [0, 0.05) is 13.1 Å². The summed E-state index contributed by atoms with van der Waals surface area (Å²) in [6.45, 7) is 11.4. The van der Waals surface area contributed by atoms with Crippen molar-refractivity contribution in [3.8, 4) is 0 Å². The third-order valence-electron chi connectivity index (χ3n) is 5.40. The number of rotatable bonds is 8. The minimum atomic E-state index is -0.525. The standard InChI is InChI=1S/C22H36N4O2/c1-16(2)13-19(20(27)25-15-22(4)9-11-23-12-10-22)26-21(28)24-14-18-7-5-17(3)6-8-18/h5-8,16,19,23H,9-15H2,1-4H3,(H,25,27)(H2,24,26,28). The Morgan fingerprint density at radius 1 is 1.11 bits per heavy atom. The van der Waals surface area contributed by atoms with Gasteiger partial charge in [-0.15, -0.1) is 0 Å². The minimum Gasteiger partial charge on any atom is -0.354 e. The molecule has 0 aliphatic carbocycles. The number of nitrogens with one attached hydrogen (secondary N) is 4. The zero-order chi connectivity index (χ0) is 20.6. The van der Waals surface area contributed by atoms with Crippen LogP contribution in [-0.4, -0.2) is 37.6 Å². The van der Waals surface area contributed by atoms with Crippen molar-refractivity contribution in [1.82, 2.24) is 21.3 Å². The molecular weight excluding hydrogens is 352 g/mol. The third-order valence-corrected chi connectivity index (χ3v) is 5.40. The predicted octanol–water partition coefficient (Wildman–Crippen LogP) is 2.71. The summed E-state index contributed by atoms with van der Waals surface area (Å²) in [6, 6.07) is 7.19. The fourth-order valence-electron chi connectivity index (χ4n) is 3.43. The zero-order valence-electron chi connectivity index (χ0n) is 17.7. The van der Waals surface area contributed by atoms with Gasteiger partial charge < -0.3 is 21.3 Å². The van der Waals surface area contributed by atoms with Crippen LogP contribution >= 0.6 is 0 Å². The molecule has 1 aromatic carbocycles. The van der Waals surface area contributed by atoms with Crippen LogP contribution in [0.5, 0.6) is 0 Å². The summed E-state index contributed by atoms with van der Waals surface area (Å²) >= 11 is 0. The van der Waals surface area contributed by atoms with Gasteiger partial charge in [0.15, 0.2) is 0 Å². The SMILES string of the molecule is Cc1ccc(CNC(=O)NC(CC(C)C)C(=O)NCC2(C)CCNCC2)cc1. The predicted molar refractivity (Wildman–Crippen MR) is 113 cm³/mol. The van der Waals surface area contributed by atoms with Crippen LogP contribution in [0.25, 0.3) is 0 Å². The average molecular weight is 389 g/mol. The second-order valence-corrected chi connectivity index (χ2v) is 8.77. The lowest BCUT2D eigenvalue weighted by atomic mass is 9.81. The molecule has 0 radical (unpaired) electrons. The molecule has 1 atom stereocenters. The smallest absolute Gasteiger partial charge is 0.315 e. The number of urea groups is 1. The molecule has 2 rings (SSSR count). The fraction of sp³-hybridized carbons (Fsp3) is 0.636. The normalized spacial score (nSPS) is 17.0. The molecule has 6 heteroatoms. The molecule has 1 heterocycles. The largest absolute Gasteiger partial charge is 0.354 e. The van der Waals surface area contributed by atoms with Gasteiger partial charge >= 0.3 is 6.03 Å². The van der Waals surface area contributed by atoms with E-state index in [4.69, 9.17) is 0 Å². The van der Waals surface area contributed by atoms with Crippen molar-refractivity contribution in [3.05, 3.63) is 35.4 Å². The summed E-state index contributed by atoms with van der Waals surface area (Å²) in [6.07, 6.45) is 2.71. The van der Waals surface area contributed by atoms with Crippen LogP contribution in [0.1, 0.15) is 51.2 Å². The van der Waals surface area contributed by atoms with Gasteiger partial charge in [-0.25, -0.2) is 4.79 Å². The van der Waals surface area contributed by atoms with Gasteiger partial charge in [0.2, 0.25) is 5.91 Å². The van der Waals surface area contributed by atoms with Crippen LogP contribution in [0.4, 0.5) is 4.79 Å². The molecule has 4 N–H and O–H groups in total. The average Bonchev–Trinajstić information content (AvgIpc) is 2.65. The van der Waals surface area contributed by atoms with E-state index in [0.717, 1.165) is 31.5 Å².